The molecule has 20 heavy (non-hydrogen) atoms. The van der Waals surface area contributed by atoms with Crippen LogP contribution in [0.15, 0.2) is 36.4 Å². The molecule has 0 aromatic heterocycles. The summed E-state index contributed by atoms with van der Waals surface area (Å²) in [5, 5.41) is 0. The van der Waals surface area contributed by atoms with E-state index in [4.69, 9.17) is 14.2 Å². The lowest BCUT2D eigenvalue weighted by atomic mass is 10.0. The molecule has 0 radical (unpaired) electrons. The van der Waals surface area contributed by atoms with Gasteiger partial charge in [0.2, 0.25) is 0 Å². The van der Waals surface area contributed by atoms with Gasteiger partial charge in [-0.15, -0.1) is 0 Å². The van der Waals surface area contributed by atoms with E-state index in [0.717, 1.165) is 17.4 Å². The van der Waals surface area contributed by atoms with Crippen LogP contribution in [-0.2, 0) is 0 Å². The van der Waals surface area contributed by atoms with E-state index in [0.29, 0.717) is 22.8 Å². The maximum absolute atomic E-state index is 11.1. The topological polar surface area (TPSA) is 44.8 Å². The first kappa shape index (κ1) is 13.9. The number of ether oxygens (including phenoxy) is 3. The van der Waals surface area contributed by atoms with Crippen LogP contribution in [-0.4, -0.2) is 27.6 Å². The van der Waals surface area contributed by atoms with Crippen molar-refractivity contribution in [2.75, 3.05) is 21.3 Å². The molecular weight excluding hydrogens is 256 g/mol. The third kappa shape index (κ3) is 2.45. The first-order valence-corrected chi connectivity index (χ1v) is 6.09. The Labute approximate surface area is 117 Å². The maximum atomic E-state index is 11.1. The minimum atomic E-state index is 0.512. The third-order valence-corrected chi connectivity index (χ3v) is 3.03. The molecule has 0 spiro atoms. The van der Waals surface area contributed by atoms with Gasteiger partial charge in [0.25, 0.3) is 0 Å². The fourth-order valence-corrected chi connectivity index (χ4v) is 2.12. The number of benzene rings is 2. The summed E-state index contributed by atoms with van der Waals surface area (Å²) in [4.78, 5) is 11.1. The zero-order chi connectivity index (χ0) is 14.5. The van der Waals surface area contributed by atoms with E-state index >= 15 is 0 Å². The van der Waals surface area contributed by atoms with Crippen LogP contribution in [0.25, 0.3) is 11.1 Å². The van der Waals surface area contributed by atoms with Gasteiger partial charge in [0.05, 0.1) is 21.3 Å². The molecule has 2 aromatic carbocycles. The molecule has 2 rings (SSSR count). The predicted molar refractivity (Wildman–Crippen MR) is 76.9 cm³/mol. The normalized spacial score (nSPS) is 9.95. The van der Waals surface area contributed by atoms with Gasteiger partial charge in [-0.3, -0.25) is 4.79 Å². The zero-order valence-corrected chi connectivity index (χ0v) is 11.7. The molecule has 0 saturated heterocycles. The lowest BCUT2D eigenvalue weighted by Crippen LogP contribution is -1.97. The summed E-state index contributed by atoms with van der Waals surface area (Å²) in [6.07, 6.45) is 0.779. The molecule has 0 aliphatic heterocycles. The molecule has 0 heterocycles. The van der Waals surface area contributed by atoms with E-state index in [2.05, 4.69) is 0 Å². The Balaban J connectivity index is 2.74. The first-order valence-electron chi connectivity index (χ1n) is 6.09. The highest BCUT2D eigenvalue weighted by Gasteiger charge is 2.16. The van der Waals surface area contributed by atoms with Crippen LogP contribution in [0, 0.1) is 0 Å². The summed E-state index contributed by atoms with van der Waals surface area (Å²) < 4.78 is 16.1. The van der Waals surface area contributed by atoms with Gasteiger partial charge in [-0.2, -0.15) is 0 Å². The third-order valence-electron chi connectivity index (χ3n) is 3.03. The van der Waals surface area contributed by atoms with Crippen molar-refractivity contribution < 1.29 is 19.0 Å². The fraction of sp³-hybridized carbons (Fsp3) is 0.188. The molecule has 0 aliphatic carbocycles. The van der Waals surface area contributed by atoms with E-state index in [-0.39, 0.29) is 0 Å². The van der Waals surface area contributed by atoms with Gasteiger partial charge in [0, 0.05) is 16.7 Å². The van der Waals surface area contributed by atoms with Crippen LogP contribution in [0.3, 0.4) is 0 Å². The van der Waals surface area contributed by atoms with Crippen LogP contribution < -0.4 is 14.2 Å². The summed E-state index contributed by atoms with van der Waals surface area (Å²) in [6.45, 7) is 0. The molecule has 0 aliphatic rings. The number of carbonyl (C=O) groups is 1. The van der Waals surface area contributed by atoms with E-state index in [1.54, 1.807) is 33.5 Å². The average Bonchev–Trinajstić information content (AvgIpc) is 2.53. The molecule has 0 N–H and O–H groups in total. The van der Waals surface area contributed by atoms with Gasteiger partial charge in [0.15, 0.2) is 11.5 Å². The molecule has 0 atom stereocenters. The lowest BCUT2D eigenvalue weighted by molar-refractivity contribution is 0.112. The molecule has 2 aromatic rings. The number of hydrogen-bond acceptors (Lipinski definition) is 4. The van der Waals surface area contributed by atoms with Gasteiger partial charge in [-0.05, 0) is 18.2 Å². The van der Waals surface area contributed by atoms with Crippen LogP contribution in [0.5, 0.6) is 17.2 Å². The summed E-state index contributed by atoms with van der Waals surface area (Å²) in [7, 11) is 4.71. The average molecular weight is 272 g/mol. The molecule has 0 fully saturated rings. The number of para-hydroxylation sites is 1. The molecule has 0 bridgehead atoms. The molecule has 4 nitrogen and oxygen atoms in total. The number of aldehydes is 1. The summed E-state index contributed by atoms with van der Waals surface area (Å²) in [5.74, 6) is 1.79. The van der Waals surface area contributed by atoms with Crippen molar-refractivity contribution in [3.63, 3.8) is 0 Å². The Morgan fingerprint density at radius 1 is 0.850 bits per heavy atom. The molecular formula is C16H16O4. The standard InChI is InChI=1S/C16H16O4/c1-18-14-7-5-4-6-12(14)13-8-11(10-17)9-15(19-2)16(13)20-3/h4-10H,1-3H3. The summed E-state index contributed by atoms with van der Waals surface area (Å²) >= 11 is 0. The van der Waals surface area contributed by atoms with E-state index in [9.17, 15) is 4.79 Å². The fourth-order valence-electron chi connectivity index (χ4n) is 2.12. The molecule has 4 heteroatoms. The Bertz CT molecular complexity index is 620. The van der Waals surface area contributed by atoms with Crippen LogP contribution in [0.1, 0.15) is 10.4 Å². The van der Waals surface area contributed by atoms with Gasteiger partial charge in [-0.1, -0.05) is 18.2 Å². The van der Waals surface area contributed by atoms with Crippen molar-refractivity contribution in [3.05, 3.63) is 42.0 Å². The second-order valence-corrected chi connectivity index (χ2v) is 4.12. The maximum Gasteiger partial charge on any atom is 0.168 e. The molecule has 0 unspecified atom stereocenters. The summed E-state index contributed by atoms with van der Waals surface area (Å²) in [6, 6.07) is 10.9. The van der Waals surface area contributed by atoms with E-state index in [1.807, 2.05) is 24.3 Å². The van der Waals surface area contributed by atoms with Crippen LogP contribution in [0.4, 0.5) is 0 Å². The van der Waals surface area contributed by atoms with Gasteiger partial charge < -0.3 is 14.2 Å². The van der Waals surface area contributed by atoms with Crippen molar-refractivity contribution >= 4 is 6.29 Å². The largest absolute Gasteiger partial charge is 0.496 e. The minimum Gasteiger partial charge on any atom is -0.496 e. The highest BCUT2D eigenvalue weighted by atomic mass is 16.5. The minimum absolute atomic E-state index is 0.512. The lowest BCUT2D eigenvalue weighted by Gasteiger charge is -2.15. The van der Waals surface area contributed by atoms with Crippen LogP contribution >= 0.6 is 0 Å². The van der Waals surface area contributed by atoms with Gasteiger partial charge >= 0.3 is 0 Å². The monoisotopic (exact) mass is 272 g/mol. The highest BCUT2D eigenvalue weighted by Crippen LogP contribution is 2.42. The SMILES string of the molecule is COc1ccccc1-c1cc(C=O)cc(OC)c1OC. The predicted octanol–water partition coefficient (Wildman–Crippen LogP) is 3.19. The summed E-state index contributed by atoms with van der Waals surface area (Å²) in [5.41, 5.74) is 2.11. The van der Waals surface area contributed by atoms with Crippen molar-refractivity contribution in [2.45, 2.75) is 0 Å². The number of hydrogen-bond donors (Lipinski definition) is 0. The first-order chi connectivity index (χ1) is 9.74. The Kier molecular flexibility index (Phi) is 4.25. The Morgan fingerprint density at radius 2 is 1.55 bits per heavy atom. The van der Waals surface area contributed by atoms with Gasteiger partial charge in [0.1, 0.15) is 12.0 Å². The van der Waals surface area contributed by atoms with Gasteiger partial charge in [-0.25, -0.2) is 0 Å². The Morgan fingerprint density at radius 3 is 2.15 bits per heavy atom. The van der Waals surface area contributed by atoms with Crippen molar-refractivity contribution in [1.29, 1.82) is 0 Å². The van der Waals surface area contributed by atoms with E-state index in [1.165, 1.54) is 0 Å². The number of carbonyl (C=O) groups excluding carboxylic acids is 1. The number of rotatable bonds is 5. The second kappa shape index (κ2) is 6.10. The number of methoxy groups -OCH3 is 3. The molecule has 0 amide bonds. The molecule has 104 valence electrons. The second-order valence-electron chi connectivity index (χ2n) is 4.12. The van der Waals surface area contributed by atoms with E-state index < -0.39 is 0 Å². The van der Waals surface area contributed by atoms with Crippen molar-refractivity contribution in [3.8, 4) is 28.4 Å². The Hall–Kier alpha value is -2.49. The zero-order valence-electron chi connectivity index (χ0n) is 11.7. The smallest absolute Gasteiger partial charge is 0.168 e. The molecule has 0 saturated carbocycles. The van der Waals surface area contributed by atoms with Crippen molar-refractivity contribution in [2.24, 2.45) is 0 Å². The highest BCUT2D eigenvalue weighted by molar-refractivity contribution is 5.86. The van der Waals surface area contributed by atoms with Crippen molar-refractivity contribution in [1.82, 2.24) is 0 Å². The van der Waals surface area contributed by atoms with Crippen LogP contribution in [0.2, 0.25) is 0 Å². The quantitative estimate of drug-likeness (QED) is 0.784.